The smallest absolute Gasteiger partial charge is 0.427 e. The molecule has 0 radical (unpaired) electrons. The van der Waals surface area contributed by atoms with E-state index in [4.69, 9.17) is 0 Å². The maximum Gasteiger partial charge on any atom is 0.427 e. The number of hydrazone groups is 2. The molecule has 0 heterocycles. The van der Waals surface area contributed by atoms with Crippen molar-refractivity contribution in [3.05, 3.63) is 71.8 Å². The van der Waals surface area contributed by atoms with Crippen molar-refractivity contribution in [2.75, 3.05) is 14.2 Å². The fourth-order valence-corrected chi connectivity index (χ4v) is 1.99. The summed E-state index contributed by atoms with van der Waals surface area (Å²) in [7, 11) is 2.47. The molecule has 0 aliphatic rings. The van der Waals surface area contributed by atoms with Crippen molar-refractivity contribution in [3.8, 4) is 0 Å². The van der Waals surface area contributed by atoms with Crippen LogP contribution in [0.1, 0.15) is 11.1 Å². The van der Waals surface area contributed by atoms with E-state index in [2.05, 4.69) is 30.5 Å². The number of hydrogen-bond donors (Lipinski definition) is 2. The Balaban J connectivity index is 2.53. The van der Waals surface area contributed by atoms with E-state index in [0.29, 0.717) is 22.6 Å². The Labute approximate surface area is 150 Å². The molecule has 2 aromatic carbocycles. The molecule has 2 rings (SSSR count). The molecular formula is C18H18N4O4. The lowest BCUT2D eigenvalue weighted by atomic mass is 10.00. The summed E-state index contributed by atoms with van der Waals surface area (Å²) in [6.45, 7) is 0. The van der Waals surface area contributed by atoms with Crippen LogP contribution >= 0.6 is 0 Å². The molecule has 2 amide bonds. The number of ether oxygens (including phenoxy) is 2. The molecule has 8 nitrogen and oxygen atoms in total. The third-order valence-electron chi connectivity index (χ3n) is 3.21. The normalized spacial score (nSPS) is 11.5. The molecule has 0 saturated carbocycles. The van der Waals surface area contributed by atoms with Gasteiger partial charge in [0.25, 0.3) is 0 Å². The Morgan fingerprint density at radius 2 is 1.04 bits per heavy atom. The molecular weight excluding hydrogens is 336 g/mol. The third-order valence-corrected chi connectivity index (χ3v) is 3.21. The Bertz CT molecular complexity index is 735. The van der Waals surface area contributed by atoms with Gasteiger partial charge in [-0.05, 0) is 0 Å². The topological polar surface area (TPSA) is 101 Å². The molecule has 0 fully saturated rings. The molecule has 0 unspecified atom stereocenters. The van der Waals surface area contributed by atoms with E-state index in [0.717, 1.165) is 0 Å². The highest BCUT2D eigenvalue weighted by Gasteiger charge is 2.16. The summed E-state index contributed by atoms with van der Waals surface area (Å²) in [5.74, 6) is 0. The highest BCUT2D eigenvalue weighted by atomic mass is 16.5. The average molecular weight is 354 g/mol. The number of carbonyl (C=O) groups is 2. The van der Waals surface area contributed by atoms with Crippen LogP contribution < -0.4 is 10.9 Å². The van der Waals surface area contributed by atoms with E-state index in [1.807, 2.05) is 36.4 Å². The lowest BCUT2D eigenvalue weighted by Crippen LogP contribution is -2.28. The SMILES string of the molecule is COC(=O)NN=C(C(=NNC(=O)OC)c1ccccc1)c1ccccc1. The molecule has 8 heteroatoms. The van der Waals surface area contributed by atoms with Gasteiger partial charge in [-0.25, -0.2) is 20.4 Å². The minimum atomic E-state index is -0.730. The molecule has 0 atom stereocenters. The van der Waals surface area contributed by atoms with Gasteiger partial charge in [0.15, 0.2) is 0 Å². The van der Waals surface area contributed by atoms with Crippen LogP contribution in [0.5, 0.6) is 0 Å². The first kappa shape index (κ1) is 18.7. The Morgan fingerprint density at radius 3 is 1.35 bits per heavy atom. The van der Waals surface area contributed by atoms with Gasteiger partial charge in [0.1, 0.15) is 11.4 Å². The molecule has 0 spiro atoms. The summed E-state index contributed by atoms with van der Waals surface area (Å²) in [5, 5.41) is 8.23. The number of carbonyl (C=O) groups excluding carboxylic acids is 2. The average Bonchev–Trinajstić information content (AvgIpc) is 2.71. The number of nitrogens with one attached hydrogen (secondary N) is 2. The second-order valence-electron chi connectivity index (χ2n) is 4.86. The van der Waals surface area contributed by atoms with Crippen molar-refractivity contribution in [1.82, 2.24) is 10.9 Å². The fraction of sp³-hybridized carbons (Fsp3) is 0.111. The van der Waals surface area contributed by atoms with Gasteiger partial charge in [-0.1, -0.05) is 60.7 Å². The Hall–Kier alpha value is -3.68. The Kier molecular flexibility index (Phi) is 6.87. The highest BCUT2D eigenvalue weighted by Crippen LogP contribution is 2.10. The quantitative estimate of drug-likeness (QED) is 0.636. The van der Waals surface area contributed by atoms with Gasteiger partial charge in [-0.2, -0.15) is 10.2 Å². The summed E-state index contributed by atoms with van der Waals surface area (Å²) in [5.41, 5.74) is 6.59. The number of methoxy groups -OCH3 is 2. The molecule has 2 aromatic rings. The molecule has 26 heavy (non-hydrogen) atoms. The molecule has 0 aromatic heterocycles. The molecule has 0 saturated heterocycles. The first-order valence-corrected chi connectivity index (χ1v) is 7.60. The van der Waals surface area contributed by atoms with Gasteiger partial charge in [-0.15, -0.1) is 0 Å². The summed E-state index contributed by atoms with van der Waals surface area (Å²) in [6, 6.07) is 18.2. The molecule has 134 valence electrons. The van der Waals surface area contributed by atoms with Crippen molar-refractivity contribution in [1.29, 1.82) is 0 Å². The summed E-state index contributed by atoms with van der Waals surface area (Å²) in [6.07, 6.45) is -1.46. The minimum absolute atomic E-state index is 0.332. The van der Waals surface area contributed by atoms with Gasteiger partial charge >= 0.3 is 12.2 Å². The summed E-state index contributed by atoms with van der Waals surface area (Å²) in [4.78, 5) is 22.9. The molecule has 0 aliphatic heterocycles. The number of nitrogens with zero attached hydrogens (tertiary/aromatic N) is 2. The van der Waals surface area contributed by atoms with Gasteiger partial charge in [0.05, 0.1) is 14.2 Å². The van der Waals surface area contributed by atoms with Crippen LogP contribution in [-0.4, -0.2) is 37.8 Å². The van der Waals surface area contributed by atoms with Crippen molar-refractivity contribution in [3.63, 3.8) is 0 Å². The Morgan fingerprint density at radius 1 is 0.692 bits per heavy atom. The van der Waals surface area contributed by atoms with Crippen molar-refractivity contribution < 1.29 is 19.1 Å². The van der Waals surface area contributed by atoms with E-state index in [1.165, 1.54) is 14.2 Å². The second kappa shape index (κ2) is 9.58. The number of rotatable bonds is 5. The monoisotopic (exact) mass is 354 g/mol. The zero-order valence-electron chi connectivity index (χ0n) is 14.3. The van der Waals surface area contributed by atoms with Crippen LogP contribution in [0, 0.1) is 0 Å². The van der Waals surface area contributed by atoms with Crippen LogP contribution in [0.25, 0.3) is 0 Å². The van der Waals surface area contributed by atoms with Crippen molar-refractivity contribution >= 4 is 23.6 Å². The lowest BCUT2D eigenvalue weighted by Gasteiger charge is -2.11. The first-order valence-electron chi connectivity index (χ1n) is 7.60. The summed E-state index contributed by atoms with van der Waals surface area (Å²) >= 11 is 0. The molecule has 0 aliphatic carbocycles. The van der Waals surface area contributed by atoms with E-state index < -0.39 is 12.2 Å². The third kappa shape index (κ3) is 5.17. The highest BCUT2D eigenvalue weighted by molar-refractivity contribution is 6.53. The van der Waals surface area contributed by atoms with Gasteiger partial charge in [0.2, 0.25) is 0 Å². The second-order valence-corrected chi connectivity index (χ2v) is 4.86. The number of benzene rings is 2. The maximum absolute atomic E-state index is 11.4. The minimum Gasteiger partial charge on any atom is -0.452 e. The fourth-order valence-electron chi connectivity index (χ4n) is 1.99. The lowest BCUT2D eigenvalue weighted by molar-refractivity contribution is 0.170. The standard InChI is InChI=1S/C18H18N4O4/c1-25-17(23)21-19-15(13-9-5-3-6-10-13)16(20-22-18(24)26-2)14-11-7-4-8-12-14/h3-12H,1-2H3,(H,21,23)(H,22,24). The largest absolute Gasteiger partial charge is 0.452 e. The summed E-state index contributed by atoms with van der Waals surface area (Å²) < 4.78 is 9.10. The van der Waals surface area contributed by atoms with Crippen molar-refractivity contribution in [2.24, 2.45) is 10.2 Å². The van der Waals surface area contributed by atoms with E-state index >= 15 is 0 Å². The maximum atomic E-state index is 11.4. The van der Waals surface area contributed by atoms with Gasteiger partial charge in [-0.3, -0.25) is 0 Å². The van der Waals surface area contributed by atoms with Gasteiger partial charge < -0.3 is 9.47 Å². The zero-order chi connectivity index (χ0) is 18.8. The van der Waals surface area contributed by atoms with E-state index in [-0.39, 0.29) is 0 Å². The first-order chi connectivity index (χ1) is 12.7. The van der Waals surface area contributed by atoms with Crippen LogP contribution in [0.2, 0.25) is 0 Å². The van der Waals surface area contributed by atoms with Crippen LogP contribution in [0.3, 0.4) is 0 Å². The van der Waals surface area contributed by atoms with Gasteiger partial charge in [0, 0.05) is 11.1 Å². The number of amides is 2. The van der Waals surface area contributed by atoms with Crippen LogP contribution in [0.15, 0.2) is 70.9 Å². The number of hydrogen-bond acceptors (Lipinski definition) is 6. The molecule has 2 N–H and O–H groups in total. The van der Waals surface area contributed by atoms with Crippen LogP contribution in [-0.2, 0) is 9.47 Å². The van der Waals surface area contributed by atoms with Crippen LogP contribution in [0.4, 0.5) is 9.59 Å². The predicted molar refractivity (Wildman–Crippen MR) is 97.0 cm³/mol. The van der Waals surface area contributed by atoms with Crippen molar-refractivity contribution in [2.45, 2.75) is 0 Å². The van der Waals surface area contributed by atoms with E-state index in [1.54, 1.807) is 24.3 Å². The predicted octanol–water partition coefficient (Wildman–Crippen LogP) is 2.51. The zero-order valence-corrected chi connectivity index (χ0v) is 14.3. The van der Waals surface area contributed by atoms with E-state index in [9.17, 15) is 9.59 Å². The molecule has 0 bridgehead atoms.